The van der Waals surface area contributed by atoms with E-state index < -0.39 is 6.03 Å². The number of ether oxygens (including phenoxy) is 2. The number of nitrogens with zero attached hydrogens (tertiary/aromatic N) is 1. The molecule has 0 unspecified atom stereocenters. The Morgan fingerprint density at radius 2 is 1.85 bits per heavy atom. The van der Waals surface area contributed by atoms with Crippen molar-refractivity contribution in [3.05, 3.63) is 64.3 Å². The van der Waals surface area contributed by atoms with Crippen LogP contribution in [0.2, 0.25) is 0 Å². The SMILES string of the molecule is COc1ccc(/C=C2/NC(=O)N(Cc3cccc(C)c3)C2=O)c(OC)c1C. The minimum absolute atomic E-state index is 0.218. The van der Waals surface area contributed by atoms with Crippen molar-refractivity contribution in [1.82, 2.24) is 10.2 Å². The minimum atomic E-state index is -0.433. The number of urea groups is 1. The molecule has 0 spiro atoms. The smallest absolute Gasteiger partial charge is 0.329 e. The third kappa shape index (κ3) is 3.65. The van der Waals surface area contributed by atoms with Crippen LogP contribution in [-0.4, -0.2) is 31.1 Å². The molecule has 0 saturated carbocycles. The molecule has 2 aromatic carbocycles. The summed E-state index contributed by atoms with van der Waals surface area (Å²) in [7, 11) is 3.15. The van der Waals surface area contributed by atoms with Crippen LogP contribution in [0.3, 0.4) is 0 Å². The number of methoxy groups -OCH3 is 2. The number of benzene rings is 2. The molecule has 1 aliphatic rings. The zero-order valence-corrected chi connectivity index (χ0v) is 15.8. The quantitative estimate of drug-likeness (QED) is 0.650. The van der Waals surface area contributed by atoms with E-state index in [-0.39, 0.29) is 18.1 Å². The molecule has 3 rings (SSSR count). The molecule has 1 heterocycles. The first-order chi connectivity index (χ1) is 12.9. The Morgan fingerprint density at radius 3 is 2.52 bits per heavy atom. The Labute approximate surface area is 158 Å². The van der Waals surface area contributed by atoms with Gasteiger partial charge in [-0.25, -0.2) is 4.79 Å². The van der Waals surface area contributed by atoms with Crippen LogP contribution >= 0.6 is 0 Å². The number of aryl methyl sites for hydroxylation is 1. The number of carbonyl (C=O) groups is 2. The third-order valence-corrected chi connectivity index (χ3v) is 4.50. The van der Waals surface area contributed by atoms with Gasteiger partial charge < -0.3 is 14.8 Å². The van der Waals surface area contributed by atoms with E-state index in [1.54, 1.807) is 32.4 Å². The van der Waals surface area contributed by atoms with E-state index in [1.807, 2.05) is 38.1 Å². The monoisotopic (exact) mass is 366 g/mol. The standard InChI is InChI=1S/C21H22N2O4/c1-13-6-5-7-15(10-13)12-23-20(24)17(22-21(23)25)11-16-8-9-18(26-3)14(2)19(16)27-4/h5-11H,12H2,1-4H3,(H,22,25)/b17-11+. The number of rotatable bonds is 5. The highest BCUT2D eigenvalue weighted by Crippen LogP contribution is 2.33. The summed E-state index contributed by atoms with van der Waals surface area (Å²) in [6, 6.07) is 10.9. The van der Waals surface area contributed by atoms with Crippen molar-refractivity contribution >= 4 is 18.0 Å². The lowest BCUT2D eigenvalue weighted by molar-refractivity contribution is -0.123. The number of hydrogen-bond donors (Lipinski definition) is 1. The van der Waals surface area contributed by atoms with Gasteiger partial charge in [-0.1, -0.05) is 29.8 Å². The van der Waals surface area contributed by atoms with Crippen LogP contribution in [0.4, 0.5) is 4.79 Å². The molecule has 6 nitrogen and oxygen atoms in total. The molecule has 0 aliphatic carbocycles. The molecule has 0 radical (unpaired) electrons. The largest absolute Gasteiger partial charge is 0.496 e. The summed E-state index contributed by atoms with van der Waals surface area (Å²) in [4.78, 5) is 26.2. The summed E-state index contributed by atoms with van der Waals surface area (Å²) < 4.78 is 10.8. The summed E-state index contributed by atoms with van der Waals surface area (Å²) in [6.45, 7) is 4.07. The fourth-order valence-electron chi connectivity index (χ4n) is 3.16. The van der Waals surface area contributed by atoms with E-state index in [0.717, 1.165) is 16.7 Å². The molecule has 1 saturated heterocycles. The first kappa shape index (κ1) is 18.5. The molecule has 1 aliphatic heterocycles. The summed E-state index contributed by atoms with van der Waals surface area (Å²) in [6.07, 6.45) is 1.63. The van der Waals surface area contributed by atoms with Crippen molar-refractivity contribution in [3.8, 4) is 11.5 Å². The van der Waals surface area contributed by atoms with Crippen molar-refractivity contribution in [2.45, 2.75) is 20.4 Å². The number of imide groups is 1. The van der Waals surface area contributed by atoms with E-state index in [2.05, 4.69) is 5.32 Å². The van der Waals surface area contributed by atoms with Crippen LogP contribution in [0, 0.1) is 13.8 Å². The lowest BCUT2D eigenvalue weighted by Crippen LogP contribution is -2.30. The van der Waals surface area contributed by atoms with Gasteiger partial charge in [-0.2, -0.15) is 0 Å². The van der Waals surface area contributed by atoms with Crippen LogP contribution in [0.25, 0.3) is 6.08 Å². The maximum atomic E-state index is 12.7. The van der Waals surface area contributed by atoms with E-state index in [9.17, 15) is 9.59 Å². The third-order valence-electron chi connectivity index (χ3n) is 4.50. The summed E-state index contributed by atoms with van der Waals surface area (Å²) in [5.74, 6) is 0.926. The molecule has 3 amide bonds. The Morgan fingerprint density at radius 1 is 1.07 bits per heavy atom. The van der Waals surface area contributed by atoms with Gasteiger partial charge in [-0.15, -0.1) is 0 Å². The van der Waals surface area contributed by atoms with Crippen LogP contribution in [0.1, 0.15) is 22.3 Å². The highest BCUT2D eigenvalue weighted by molar-refractivity contribution is 6.14. The lowest BCUT2D eigenvalue weighted by Gasteiger charge is -2.13. The highest BCUT2D eigenvalue weighted by atomic mass is 16.5. The van der Waals surface area contributed by atoms with Gasteiger partial charge in [0.05, 0.1) is 20.8 Å². The molecule has 27 heavy (non-hydrogen) atoms. The molecule has 0 bridgehead atoms. The molecule has 2 aromatic rings. The Kier molecular flexibility index (Phi) is 5.16. The molecule has 140 valence electrons. The Bertz CT molecular complexity index is 934. The van der Waals surface area contributed by atoms with Gasteiger partial charge in [0, 0.05) is 11.1 Å². The van der Waals surface area contributed by atoms with Crippen LogP contribution in [-0.2, 0) is 11.3 Å². The maximum Gasteiger partial charge on any atom is 0.329 e. The first-order valence-corrected chi connectivity index (χ1v) is 8.56. The molecular formula is C21H22N2O4. The topological polar surface area (TPSA) is 67.9 Å². The van der Waals surface area contributed by atoms with Gasteiger partial charge in [0.1, 0.15) is 17.2 Å². The Hall–Kier alpha value is -3.28. The van der Waals surface area contributed by atoms with Gasteiger partial charge in [0.25, 0.3) is 5.91 Å². The summed E-state index contributed by atoms with van der Waals surface area (Å²) in [5, 5.41) is 2.65. The van der Waals surface area contributed by atoms with Crippen molar-refractivity contribution in [2.24, 2.45) is 0 Å². The second-order valence-corrected chi connectivity index (χ2v) is 6.38. The van der Waals surface area contributed by atoms with E-state index in [1.165, 1.54) is 4.90 Å². The van der Waals surface area contributed by atoms with Crippen molar-refractivity contribution in [2.75, 3.05) is 14.2 Å². The molecule has 1 N–H and O–H groups in total. The molecule has 1 fully saturated rings. The molecule has 0 atom stereocenters. The number of nitrogens with one attached hydrogen (secondary N) is 1. The minimum Gasteiger partial charge on any atom is -0.496 e. The highest BCUT2D eigenvalue weighted by Gasteiger charge is 2.33. The first-order valence-electron chi connectivity index (χ1n) is 8.56. The van der Waals surface area contributed by atoms with Crippen molar-refractivity contribution < 1.29 is 19.1 Å². The van der Waals surface area contributed by atoms with Gasteiger partial charge in [0.2, 0.25) is 0 Å². The number of hydrogen-bond acceptors (Lipinski definition) is 4. The number of carbonyl (C=O) groups excluding carboxylic acids is 2. The average Bonchev–Trinajstić information content (AvgIpc) is 2.90. The van der Waals surface area contributed by atoms with Crippen LogP contribution < -0.4 is 14.8 Å². The van der Waals surface area contributed by atoms with E-state index >= 15 is 0 Å². The average molecular weight is 366 g/mol. The zero-order valence-electron chi connectivity index (χ0n) is 15.8. The zero-order chi connectivity index (χ0) is 19.6. The molecule has 0 aromatic heterocycles. The van der Waals surface area contributed by atoms with Gasteiger partial charge in [-0.05, 0) is 37.6 Å². The number of amides is 3. The van der Waals surface area contributed by atoms with Crippen LogP contribution in [0.15, 0.2) is 42.1 Å². The Balaban J connectivity index is 1.89. The fourth-order valence-corrected chi connectivity index (χ4v) is 3.16. The molecule has 6 heteroatoms. The van der Waals surface area contributed by atoms with Gasteiger partial charge in [-0.3, -0.25) is 9.69 Å². The maximum absolute atomic E-state index is 12.7. The predicted octanol–water partition coefficient (Wildman–Crippen LogP) is 3.41. The van der Waals surface area contributed by atoms with E-state index in [4.69, 9.17) is 9.47 Å². The second-order valence-electron chi connectivity index (χ2n) is 6.38. The van der Waals surface area contributed by atoms with Gasteiger partial charge in [0.15, 0.2) is 0 Å². The van der Waals surface area contributed by atoms with Gasteiger partial charge >= 0.3 is 6.03 Å². The van der Waals surface area contributed by atoms with E-state index in [0.29, 0.717) is 17.1 Å². The fraction of sp³-hybridized carbons (Fsp3) is 0.238. The van der Waals surface area contributed by atoms with Crippen molar-refractivity contribution in [3.63, 3.8) is 0 Å². The second kappa shape index (κ2) is 7.53. The summed E-state index contributed by atoms with van der Waals surface area (Å²) in [5.41, 5.74) is 3.71. The molecular weight excluding hydrogens is 344 g/mol. The predicted molar refractivity (Wildman–Crippen MR) is 103 cm³/mol. The van der Waals surface area contributed by atoms with Crippen LogP contribution in [0.5, 0.6) is 11.5 Å². The summed E-state index contributed by atoms with van der Waals surface area (Å²) >= 11 is 0. The lowest BCUT2D eigenvalue weighted by atomic mass is 10.1. The van der Waals surface area contributed by atoms with Crippen molar-refractivity contribution in [1.29, 1.82) is 0 Å². The normalized spacial score (nSPS) is 15.3.